The summed E-state index contributed by atoms with van der Waals surface area (Å²) in [6.07, 6.45) is 1.75. The third-order valence-corrected chi connectivity index (χ3v) is 6.30. The number of thioether (sulfide) groups is 1. The van der Waals surface area contributed by atoms with Gasteiger partial charge in [0.2, 0.25) is 5.91 Å². The van der Waals surface area contributed by atoms with Gasteiger partial charge in [-0.3, -0.25) is 9.59 Å². The van der Waals surface area contributed by atoms with Crippen LogP contribution in [-0.2, 0) is 11.3 Å². The summed E-state index contributed by atoms with van der Waals surface area (Å²) in [4.78, 5) is 25.4. The van der Waals surface area contributed by atoms with Gasteiger partial charge in [-0.1, -0.05) is 80.2 Å². The van der Waals surface area contributed by atoms with E-state index in [2.05, 4.69) is 27.4 Å². The van der Waals surface area contributed by atoms with Crippen LogP contribution in [0.1, 0.15) is 54.6 Å². The lowest BCUT2D eigenvalue weighted by molar-refractivity contribution is -0.119. The molecule has 3 rings (SSSR count). The first kappa shape index (κ1) is 25.2. The van der Waals surface area contributed by atoms with E-state index in [1.54, 1.807) is 18.2 Å². The molecule has 2 aromatic carbocycles. The minimum absolute atomic E-state index is 0.0771. The van der Waals surface area contributed by atoms with Gasteiger partial charge in [0.05, 0.1) is 17.8 Å². The average Bonchev–Trinajstić information content (AvgIpc) is 3.24. The number of nitrogens with one attached hydrogen (secondary N) is 2. The fourth-order valence-corrected chi connectivity index (χ4v) is 4.29. The molecule has 1 aromatic heterocycles. The number of nitrogens with zero attached hydrogens (tertiary/aromatic N) is 3. The largest absolute Gasteiger partial charge is 0.349 e. The van der Waals surface area contributed by atoms with Crippen molar-refractivity contribution in [1.82, 2.24) is 25.4 Å². The Morgan fingerprint density at radius 3 is 2.26 bits per heavy atom. The van der Waals surface area contributed by atoms with Crippen molar-refractivity contribution in [2.45, 2.75) is 44.6 Å². The van der Waals surface area contributed by atoms with E-state index in [-0.39, 0.29) is 35.6 Å². The average molecular weight is 478 g/mol. The van der Waals surface area contributed by atoms with Crippen LogP contribution in [0.4, 0.5) is 0 Å². The van der Waals surface area contributed by atoms with Gasteiger partial charge in [-0.05, 0) is 30.5 Å². The highest BCUT2D eigenvalue weighted by molar-refractivity contribution is 7.99. The van der Waals surface area contributed by atoms with Gasteiger partial charge in [0.25, 0.3) is 5.91 Å². The van der Waals surface area contributed by atoms with Gasteiger partial charge < -0.3 is 15.2 Å². The molecular weight excluding hydrogens is 446 g/mol. The predicted molar refractivity (Wildman–Crippen MR) is 135 cm³/mol. The van der Waals surface area contributed by atoms with Crippen LogP contribution in [0, 0.1) is 5.92 Å². The summed E-state index contributed by atoms with van der Waals surface area (Å²) >= 11 is 1.31. The number of benzene rings is 2. The van der Waals surface area contributed by atoms with Crippen LogP contribution in [0.2, 0.25) is 0 Å². The van der Waals surface area contributed by atoms with Crippen LogP contribution in [0.15, 0.2) is 78.5 Å². The standard InChI is InChI=1S/C26H31N5O2S/c1-5-16-31-24(23(18(2)3)28-25(33)21-14-10-7-11-15-21)29-30-26(31)34-17-22(32)27-19(4)20-12-8-6-9-13-20/h5-15,18-19,23H,1,16-17H2,2-4H3,(H,27,32)(H,28,33)/t19-,23+/m0/s1. The zero-order chi connectivity index (χ0) is 24.5. The van der Waals surface area contributed by atoms with E-state index in [4.69, 9.17) is 0 Å². The molecule has 3 aromatic rings. The molecule has 1 heterocycles. The Hall–Kier alpha value is -3.39. The van der Waals surface area contributed by atoms with E-state index < -0.39 is 0 Å². The van der Waals surface area contributed by atoms with Crippen LogP contribution in [0.25, 0.3) is 0 Å². The second-order valence-corrected chi connectivity index (χ2v) is 9.23. The van der Waals surface area contributed by atoms with Gasteiger partial charge >= 0.3 is 0 Å². The molecule has 8 heteroatoms. The Labute approximate surface area is 205 Å². The SMILES string of the molecule is C=CCn1c(SCC(=O)N[C@@H](C)c2ccccc2)nnc1[C@H](NC(=O)c1ccccc1)C(C)C. The zero-order valence-electron chi connectivity index (χ0n) is 19.8. The first-order valence-corrected chi connectivity index (χ1v) is 12.3. The van der Waals surface area contributed by atoms with E-state index in [9.17, 15) is 9.59 Å². The van der Waals surface area contributed by atoms with Crippen molar-refractivity contribution in [2.75, 3.05) is 5.75 Å². The first-order chi connectivity index (χ1) is 16.4. The van der Waals surface area contributed by atoms with Gasteiger partial charge in [0, 0.05) is 12.1 Å². The minimum atomic E-state index is -0.346. The van der Waals surface area contributed by atoms with Crippen LogP contribution < -0.4 is 10.6 Å². The van der Waals surface area contributed by atoms with Gasteiger partial charge in [0.1, 0.15) is 0 Å². The molecule has 2 N–H and O–H groups in total. The summed E-state index contributed by atoms with van der Waals surface area (Å²) in [5.74, 6) is 0.660. The van der Waals surface area contributed by atoms with Crippen molar-refractivity contribution in [2.24, 2.45) is 5.92 Å². The van der Waals surface area contributed by atoms with Crippen molar-refractivity contribution in [3.63, 3.8) is 0 Å². The second-order valence-electron chi connectivity index (χ2n) is 8.29. The summed E-state index contributed by atoms with van der Waals surface area (Å²) in [5.41, 5.74) is 1.63. The topological polar surface area (TPSA) is 88.9 Å². The summed E-state index contributed by atoms with van der Waals surface area (Å²) in [5, 5.41) is 15.4. The quantitative estimate of drug-likeness (QED) is 0.312. The second kappa shape index (κ2) is 12.2. The number of carbonyl (C=O) groups is 2. The molecule has 0 bridgehead atoms. The van der Waals surface area contributed by atoms with E-state index >= 15 is 0 Å². The smallest absolute Gasteiger partial charge is 0.251 e. The Bertz CT molecular complexity index is 1100. The monoisotopic (exact) mass is 477 g/mol. The Morgan fingerprint density at radius 1 is 1.00 bits per heavy atom. The molecule has 0 aliphatic heterocycles. The molecule has 2 atom stereocenters. The summed E-state index contributed by atoms with van der Waals surface area (Å²) in [6, 6.07) is 18.5. The summed E-state index contributed by atoms with van der Waals surface area (Å²) in [6.45, 7) is 10.3. The third kappa shape index (κ3) is 6.57. The molecule has 178 valence electrons. The lowest BCUT2D eigenvalue weighted by atomic mass is 10.0. The Balaban J connectivity index is 1.71. The molecule has 34 heavy (non-hydrogen) atoms. The van der Waals surface area contributed by atoms with Gasteiger partial charge in [-0.15, -0.1) is 16.8 Å². The number of rotatable bonds is 11. The lowest BCUT2D eigenvalue weighted by Crippen LogP contribution is -2.33. The van der Waals surface area contributed by atoms with Crippen molar-refractivity contribution in [1.29, 1.82) is 0 Å². The number of allylic oxidation sites excluding steroid dienone is 1. The highest BCUT2D eigenvalue weighted by atomic mass is 32.2. The molecular formula is C26H31N5O2S. The van der Waals surface area contributed by atoms with E-state index in [1.807, 2.05) is 73.9 Å². The maximum absolute atomic E-state index is 12.8. The maximum atomic E-state index is 12.8. The summed E-state index contributed by atoms with van der Waals surface area (Å²) in [7, 11) is 0. The Morgan fingerprint density at radius 2 is 1.65 bits per heavy atom. The van der Waals surface area contributed by atoms with Crippen LogP contribution in [0.3, 0.4) is 0 Å². The maximum Gasteiger partial charge on any atom is 0.251 e. The number of amides is 2. The molecule has 0 aliphatic rings. The zero-order valence-corrected chi connectivity index (χ0v) is 20.6. The number of aromatic nitrogens is 3. The van der Waals surface area contributed by atoms with E-state index in [0.717, 1.165) is 5.56 Å². The van der Waals surface area contributed by atoms with Crippen LogP contribution in [0.5, 0.6) is 0 Å². The van der Waals surface area contributed by atoms with Gasteiger partial charge in [0.15, 0.2) is 11.0 Å². The van der Waals surface area contributed by atoms with Gasteiger partial charge in [-0.2, -0.15) is 0 Å². The molecule has 0 unspecified atom stereocenters. The number of hydrogen-bond acceptors (Lipinski definition) is 5. The number of hydrogen-bond donors (Lipinski definition) is 2. The van der Waals surface area contributed by atoms with Crippen molar-refractivity contribution >= 4 is 23.6 Å². The fraction of sp³-hybridized carbons (Fsp3) is 0.308. The number of carbonyl (C=O) groups excluding carboxylic acids is 2. The Kier molecular flexibility index (Phi) is 9.04. The summed E-state index contributed by atoms with van der Waals surface area (Å²) < 4.78 is 1.90. The van der Waals surface area contributed by atoms with Crippen molar-refractivity contribution in [3.05, 3.63) is 90.3 Å². The molecule has 0 aliphatic carbocycles. The normalized spacial score (nSPS) is 12.7. The van der Waals surface area contributed by atoms with Crippen molar-refractivity contribution < 1.29 is 9.59 Å². The fourth-order valence-electron chi connectivity index (χ4n) is 3.52. The molecule has 0 saturated carbocycles. The highest BCUT2D eigenvalue weighted by Crippen LogP contribution is 2.26. The molecule has 0 saturated heterocycles. The molecule has 2 amide bonds. The van der Waals surface area contributed by atoms with Crippen molar-refractivity contribution in [3.8, 4) is 0 Å². The van der Waals surface area contributed by atoms with Crippen LogP contribution >= 0.6 is 11.8 Å². The molecule has 7 nitrogen and oxygen atoms in total. The van der Waals surface area contributed by atoms with Gasteiger partial charge in [-0.25, -0.2) is 0 Å². The highest BCUT2D eigenvalue weighted by Gasteiger charge is 2.26. The molecule has 0 fully saturated rings. The molecule has 0 spiro atoms. The first-order valence-electron chi connectivity index (χ1n) is 11.3. The van der Waals surface area contributed by atoms with E-state index in [1.165, 1.54) is 11.8 Å². The van der Waals surface area contributed by atoms with E-state index in [0.29, 0.717) is 23.1 Å². The predicted octanol–water partition coefficient (Wildman–Crippen LogP) is 4.56. The van der Waals surface area contributed by atoms with Crippen LogP contribution in [-0.4, -0.2) is 32.3 Å². The molecule has 0 radical (unpaired) electrons. The lowest BCUT2D eigenvalue weighted by Gasteiger charge is -2.22. The minimum Gasteiger partial charge on any atom is -0.349 e. The third-order valence-electron chi connectivity index (χ3n) is 5.33.